The van der Waals surface area contributed by atoms with Crippen molar-refractivity contribution < 1.29 is 9.18 Å². The first-order chi connectivity index (χ1) is 6.48. The smallest absolute Gasteiger partial charge is 0.165 e. The van der Waals surface area contributed by atoms with E-state index < -0.39 is 5.41 Å². The lowest BCUT2D eigenvalue weighted by Gasteiger charge is -2.21. The van der Waals surface area contributed by atoms with Gasteiger partial charge in [0.2, 0.25) is 0 Å². The van der Waals surface area contributed by atoms with Crippen molar-refractivity contribution in [2.45, 2.75) is 19.3 Å². The fourth-order valence-corrected chi connectivity index (χ4v) is 1.26. The molecule has 0 bridgehead atoms. The molecule has 1 aromatic rings. The number of allylic oxidation sites excluding steroid dienone is 1. The molecule has 2 heteroatoms. The number of carbonyl (C=O) groups is 1. The van der Waals surface area contributed by atoms with Gasteiger partial charge in [0.15, 0.2) is 5.78 Å². The lowest BCUT2D eigenvalue weighted by atomic mass is 9.80. The Balaban J connectivity index is 3.09. The largest absolute Gasteiger partial charge is 0.294 e. The first kappa shape index (κ1) is 10.6. The molecule has 0 aliphatic carbocycles. The SMILES string of the molecule is C=CC(=O)C(C)(C)c1ccc(F)cc1. The molecule has 0 N–H and O–H groups in total. The second-order valence-corrected chi connectivity index (χ2v) is 3.70. The van der Waals surface area contributed by atoms with Crippen LogP contribution in [-0.2, 0) is 10.2 Å². The van der Waals surface area contributed by atoms with Crippen molar-refractivity contribution >= 4 is 5.78 Å². The van der Waals surface area contributed by atoms with Crippen molar-refractivity contribution in [3.8, 4) is 0 Å². The molecule has 0 heterocycles. The minimum Gasteiger partial charge on any atom is -0.294 e. The third-order valence-electron chi connectivity index (χ3n) is 2.37. The Morgan fingerprint density at radius 1 is 1.36 bits per heavy atom. The molecule has 0 aliphatic rings. The van der Waals surface area contributed by atoms with Crippen molar-refractivity contribution in [1.82, 2.24) is 0 Å². The summed E-state index contributed by atoms with van der Waals surface area (Å²) in [5.74, 6) is -0.361. The lowest BCUT2D eigenvalue weighted by molar-refractivity contribution is -0.118. The minimum atomic E-state index is -0.630. The average molecular weight is 192 g/mol. The molecular weight excluding hydrogens is 179 g/mol. The molecule has 1 rings (SSSR count). The highest BCUT2D eigenvalue weighted by atomic mass is 19.1. The van der Waals surface area contributed by atoms with Crippen LogP contribution in [0.15, 0.2) is 36.9 Å². The van der Waals surface area contributed by atoms with Gasteiger partial charge in [-0.15, -0.1) is 0 Å². The molecule has 0 atom stereocenters. The second-order valence-electron chi connectivity index (χ2n) is 3.70. The molecule has 0 unspecified atom stereocenters. The Morgan fingerprint density at radius 2 is 1.86 bits per heavy atom. The Kier molecular flexibility index (Phi) is 2.84. The number of hydrogen-bond donors (Lipinski definition) is 0. The van der Waals surface area contributed by atoms with Crippen LogP contribution in [0.3, 0.4) is 0 Å². The van der Waals surface area contributed by atoms with Gasteiger partial charge >= 0.3 is 0 Å². The molecule has 0 saturated carbocycles. The number of hydrogen-bond acceptors (Lipinski definition) is 1. The van der Waals surface area contributed by atoms with Gasteiger partial charge in [0.25, 0.3) is 0 Å². The quantitative estimate of drug-likeness (QED) is 0.673. The molecule has 14 heavy (non-hydrogen) atoms. The van der Waals surface area contributed by atoms with E-state index in [1.54, 1.807) is 26.0 Å². The van der Waals surface area contributed by atoms with Crippen molar-refractivity contribution in [2.24, 2.45) is 0 Å². The van der Waals surface area contributed by atoms with Gasteiger partial charge in [-0.25, -0.2) is 4.39 Å². The van der Waals surface area contributed by atoms with E-state index in [1.807, 2.05) is 0 Å². The summed E-state index contributed by atoms with van der Waals surface area (Å²) < 4.78 is 12.7. The van der Waals surface area contributed by atoms with Crippen LogP contribution in [0.4, 0.5) is 4.39 Å². The predicted octanol–water partition coefficient (Wildman–Crippen LogP) is 2.86. The molecule has 0 radical (unpaired) electrons. The zero-order valence-electron chi connectivity index (χ0n) is 8.38. The molecule has 74 valence electrons. The van der Waals surface area contributed by atoms with Crippen LogP contribution in [0.2, 0.25) is 0 Å². The van der Waals surface area contributed by atoms with E-state index in [2.05, 4.69) is 6.58 Å². The van der Waals surface area contributed by atoms with Gasteiger partial charge in [-0.3, -0.25) is 4.79 Å². The maximum absolute atomic E-state index is 12.7. The van der Waals surface area contributed by atoms with E-state index in [-0.39, 0.29) is 11.6 Å². The van der Waals surface area contributed by atoms with E-state index in [0.29, 0.717) is 0 Å². The van der Waals surface area contributed by atoms with E-state index >= 15 is 0 Å². The molecule has 0 fully saturated rings. The van der Waals surface area contributed by atoms with Gasteiger partial charge < -0.3 is 0 Å². The fourth-order valence-electron chi connectivity index (χ4n) is 1.26. The van der Waals surface area contributed by atoms with Gasteiger partial charge in [0.1, 0.15) is 5.82 Å². The minimum absolute atomic E-state index is 0.0656. The van der Waals surface area contributed by atoms with Crippen LogP contribution in [0.25, 0.3) is 0 Å². The molecule has 0 amide bonds. The lowest BCUT2D eigenvalue weighted by Crippen LogP contribution is -2.27. The summed E-state index contributed by atoms with van der Waals surface area (Å²) in [5.41, 5.74) is 0.166. The summed E-state index contributed by atoms with van der Waals surface area (Å²) in [5, 5.41) is 0. The maximum atomic E-state index is 12.7. The monoisotopic (exact) mass is 192 g/mol. The molecule has 0 aliphatic heterocycles. The zero-order valence-corrected chi connectivity index (χ0v) is 8.38. The third-order valence-corrected chi connectivity index (χ3v) is 2.37. The molecule has 1 nitrogen and oxygen atoms in total. The Morgan fingerprint density at radius 3 is 2.29 bits per heavy atom. The van der Waals surface area contributed by atoms with Crippen molar-refractivity contribution in [3.63, 3.8) is 0 Å². The topological polar surface area (TPSA) is 17.1 Å². The van der Waals surface area contributed by atoms with Crippen LogP contribution < -0.4 is 0 Å². The molecule has 0 saturated heterocycles. The molecule has 1 aromatic carbocycles. The maximum Gasteiger partial charge on any atom is 0.165 e. The first-order valence-corrected chi connectivity index (χ1v) is 4.41. The van der Waals surface area contributed by atoms with E-state index in [1.165, 1.54) is 18.2 Å². The number of carbonyl (C=O) groups excluding carboxylic acids is 1. The van der Waals surface area contributed by atoms with Gasteiger partial charge in [0.05, 0.1) is 5.41 Å². The van der Waals surface area contributed by atoms with Crippen LogP contribution in [0, 0.1) is 5.82 Å². The van der Waals surface area contributed by atoms with Crippen LogP contribution >= 0.6 is 0 Å². The van der Waals surface area contributed by atoms with Gasteiger partial charge in [-0.2, -0.15) is 0 Å². The highest BCUT2D eigenvalue weighted by Crippen LogP contribution is 2.24. The summed E-state index contributed by atoms with van der Waals surface area (Å²) >= 11 is 0. The number of ketones is 1. The average Bonchev–Trinajstić information content (AvgIpc) is 2.17. The molecular formula is C12H13FO. The number of benzene rings is 1. The van der Waals surface area contributed by atoms with Gasteiger partial charge in [-0.1, -0.05) is 18.7 Å². The first-order valence-electron chi connectivity index (χ1n) is 4.41. The summed E-state index contributed by atoms with van der Waals surface area (Å²) in [6.07, 6.45) is 1.29. The zero-order chi connectivity index (χ0) is 10.8. The third kappa shape index (κ3) is 1.90. The number of rotatable bonds is 3. The van der Waals surface area contributed by atoms with Gasteiger partial charge in [0, 0.05) is 0 Å². The molecule has 0 aromatic heterocycles. The van der Waals surface area contributed by atoms with E-state index in [4.69, 9.17) is 0 Å². The normalized spacial score (nSPS) is 11.1. The van der Waals surface area contributed by atoms with Crippen LogP contribution in [-0.4, -0.2) is 5.78 Å². The summed E-state index contributed by atoms with van der Waals surface area (Å²) in [4.78, 5) is 11.5. The highest BCUT2D eigenvalue weighted by molar-refractivity contribution is 5.97. The summed E-state index contributed by atoms with van der Waals surface area (Å²) in [6, 6.07) is 5.95. The van der Waals surface area contributed by atoms with Crippen LogP contribution in [0.5, 0.6) is 0 Å². The summed E-state index contributed by atoms with van der Waals surface area (Å²) in [6.45, 7) is 7.04. The van der Waals surface area contributed by atoms with Crippen molar-refractivity contribution in [1.29, 1.82) is 0 Å². The van der Waals surface area contributed by atoms with Crippen molar-refractivity contribution in [2.75, 3.05) is 0 Å². The van der Waals surface area contributed by atoms with E-state index in [0.717, 1.165) is 5.56 Å². The van der Waals surface area contributed by atoms with Crippen LogP contribution in [0.1, 0.15) is 19.4 Å². The number of halogens is 1. The predicted molar refractivity (Wildman–Crippen MR) is 54.6 cm³/mol. The molecule has 0 spiro atoms. The van der Waals surface area contributed by atoms with Gasteiger partial charge in [-0.05, 0) is 37.6 Å². The second kappa shape index (κ2) is 3.74. The summed E-state index contributed by atoms with van der Waals surface area (Å²) in [7, 11) is 0. The Hall–Kier alpha value is -1.44. The fraction of sp³-hybridized carbons (Fsp3) is 0.250. The standard InChI is InChI=1S/C12H13FO/c1-4-11(14)12(2,3)9-5-7-10(13)8-6-9/h4-8H,1H2,2-3H3. The van der Waals surface area contributed by atoms with Crippen molar-refractivity contribution in [3.05, 3.63) is 48.3 Å². The van der Waals surface area contributed by atoms with E-state index in [9.17, 15) is 9.18 Å². The Labute approximate surface area is 83.3 Å². The Bertz CT molecular complexity index is 349. The highest BCUT2D eigenvalue weighted by Gasteiger charge is 2.26.